The van der Waals surface area contributed by atoms with Crippen LogP contribution in [0.2, 0.25) is 0 Å². The third-order valence-corrected chi connectivity index (χ3v) is 8.58. The molecule has 5 rings (SSSR count). The second-order valence-electron chi connectivity index (χ2n) is 10.4. The van der Waals surface area contributed by atoms with Crippen LogP contribution in [0.4, 0.5) is 4.39 Å². The molecule has 2 atom stereocenters. The van der Waals surface area contributed by atoms with Gasteiger partial charge in [0.25, 0.3) is 5.56 Å². The van der Waals surface area contributed by atoms with Gasteiger partial charge in [-0.15, -0.1) is 4.80 Å². The van der Waals surface area contributed by atoms with Crippen molar-refractivity contribution in [3.8, 4) is 10.8 Å². The maximum absolute atomic E-state index is 14.4. The Morgan fingerprint density at radius 3 is 2.44 bits per heavy atom. The summed E-state index contributed by atoms with van der Waals surface area (Å²) < 4.78 is 28.6. The Morgan fingerprint density at radius 1 is 1.12 bits per heavy atom. The number of carbonyl (C=O) groups is 1. The van der Waals surface area contributed by atoms with Gasteiger partial charge in [-0.25, -0.2) is 13.8 Å². The van der Waals surface area contributed by atoms with Gasteiger partial charge in [-0.2, -0.15) is 10.2 Å². The molecule has 41 heavy (non-hydrogen) atoms. The molecule has 1 saturated heterocycles. The van der Waals surface area contributed by atoms with Gasteiger partial charge in [-0.1, -0.05) is 11.3 Å². The maximum Gasteiger partial charge on any atom is 0.332 e. The monoisotopic (exact) mass is 584 g/mol. The highest BCUT2D eigenvalue weighted by Crippen LogP contribution is 2.34. The van der Waals surface area contributed by atoms with Crippen LogP contribution in [-0.4, -0.2) is 61.2 Å². The van der Waals surface area contributed by atoms with Gasteiger partial charge in [0.1, 0.15) is 33.5 Å². The molecule has 1 aliphatic heterocycles. The van der Waals surface area contributed by atoms with Crippen LogP contribution < -0.4 is 16.0 Å². The van der Waals surface area contributed by atoms with E-state index in [1.807, 2.05) is 13.8 Å². The van der Waals surface area contributed by atoms with Crippen LogP contribution in [0.1, 0.15) is 56.9 Å². The fourth-order valence-corrected chi connectivity index (χ4v) is 6.56. The number of nitrogens with zero attached hydrogens (tertiary/aromatic N) is 6. The molecule has 4 aromatic rings. The minimum Gasteiger partial charge on any atom is -0.496 e. The molecule has 218 valence electrons. The molecule has 0 saturated carbocycles. The van der Waals surface area contributed by atoms with Gasteiger partial charge in [0.15, 0.2) is 0 Å². The Balaban J connectivity index is 1.75. The molecule has 11 nitrogen and oxygen atoms in total. The predicted molar refractivity (Wildman–Crippen MR) is 152 cm³/mol. The number of methoxy groups -OCH3 is 1. The van der Waals surface area contributed by atoms with Crippen molar-refractivity contribution in [2.45, 2.75) is 65.3 Å². The highest BCUT2D eigenvalue weighted by Gasteiger charge is 2.31. The van der Waals surface area contributed by atoms with E-state index >= 15 is 0 Å². The number of aryl methyl sites for hydroxylation is 1. The molecule has 2 unspecified atom stereocenters. The molecular formula is C28H33FN6O5S. The summed E-state index contributed by atoms with van der Waals surface area (Å²) in [5, 5.41) is 9.29. The molecule has 1 aromatic carbocycles. The molecule has 0 N–H and O–H groups in total. The smallest absolute Gasteiger partial charge is 0.332 e. The summed E-state index contributed by atoms with van der Waals surface area (Å²) in [6.45, 7) is 8.13. The van der Waals surface area contributed by atoms with Crippen LogP contribution in [0.5, 0.6) is 5.75 Å². The summed E-state index contributed by atoms with van der Waals surface area (Å²) in [7, 11) is 1.48. The zero-order valence-electron chi connectivity index (χ0n) is 23.7. The van der Waals surface area contributed by atoms with Crippen molar-refractivity contribution in [2.75, 3.05) is 20.2 Å². The number of amides is 1. The Hall–Kier alpha value is -3.84. The van der Waals surface area contributed by atoms with Crippen molar-refractivity contribution in [3.05, 3.63) is 68.4 Å². The van der Waals surface area contributed by atoms with E-state index in [4.69, 9.17) is 9.47 Å². The third-order valence-electron chi connectivity index (χ3n) is 7.30. The Morgan fingerprint density at radius 2 is 1.80 bits per heavy atom. The number of thiophene rings is 1. The lowest BCUT2D eigenvalue weighted by atomic mass is 10.1. The van der Waals surface area contributed by atoms with Crippen molar-refractivity contribution >= 4 is 27.5 Å². The van der Waals surface area contributed by atoms with Crippen LogP contribution in [0.25, 0.3) is 15.2 Å². The molecule has 1 amide bonds. The molecule has 4 heterocycles. The minimum absolute atomic E-state index is 0.0653. The average molecular weight is 585 g/mol. The molecule has 1 fully saturated rings. The zero-order valence-corrected chi connectivity index (χ0v) is 24.5. The quantitative estimate of drug-likeness (QED) is 0.295. The van der Waals surface area contributed by atoms with E-state index in [1.54, 1.807) is 18.7 Å². The van der Waals surface area contributed by atoms with Crippen molar-refractivity contribution in [1.29, 1.82) is 0 Å². The van der Waals surface area contributed by atoms with Gasteiger partial charge < -0.3 is 14.4 Å². The summed E-state index contributed by atoms with van der Waals surface area (Å²) in [5.41, 5.74) is -0.212. The minimum atomic E-state index is -1.03. The number of ether oxygens (including phenoxy) is 2. The first kappa shape index (κ1) is 28.7. The fraction of sp³-hybridized carbons (Fsp3) is 0.464. The predicted octanol–water partition coefficient (Wildman–Crippen LogP) is 3.61. The van der Waals surface area contributed by atoms with Crippen LogP contribution in [0, 0.1) is 12.7 Å². The van der Waals surface area contributed by atoms with Crippen LogP contribution in [0.3, 0.4) is 0 Å². The van der Waals surface area contributed by atoms with E-state index in [0.29, 0.717) is 39.8 Å². The van der Waals surface area contributed by atoms with E-state index in [2.05, 4.69) is 10.2 Å². The molecule has 1 aliphatic rings. The van der Waals surface area contributed by atoms with Gasteiger partial charge >= 0.3 is 5.69 Å². The molecule has 13 heteroatoms. The van der Waals surface area contributed by atoms with Crippen molar-refractivity contribution in [3.63, 3.8) is 0 Å². The summed E-state index contributed by atoms with van der Waals surface area (Å²) >= 11 is 1.19. The SMILES string of the molecule is COc1ccc(F)cc1C(Cn1c(=O)n(C(C)C(=O)N2CCCC2)c(=O)c2c(C)c(-n3nccn3)sc21)OC(C)C. The number of likely N-dealkylation sites (tertiary alicyclic amines) is 1. The third kappa shape index (κ3) is 5.31. The number of hydrogen-bond acceptors (Lipinski definition) is 8. The normalized spacial score (nSPS) is 15.1. The molecule has 0 spiro atoms. The highest BCUT2D eigenvalue weighted by molar-refractivity contribution is 7.21. The zero-order chi connectivity index (χ0) is 29.4. The number of hydrogen-bond donors (Lipinski definition) is 0. The molecule has 0 aliphatic carbocycles. The lowest BCUT2D eigenvalue weighted by Crippen LogP contribution is -2.47. The summed E-state index contributed by atoms with van der Waals surface area (Å²) in [5.74, 6) is -0.364. The van der Waals surface area contributed by atoms with Gasteiger partial charge in [0.2, 0.25) is 5.91 Å². The lowest BCUT2D eigenvalue weighted by Gasteiger charge is -2.25. The van der Waals surface area contributed by atoms with E-state index in [1.165, 1.54) is 58.4 Å². The molecule has 0 radical (unpaired) electrons. The Kier molecular flexibility index (Phi) is 8.09. The van der Waals surface area contributed by atoms with Crippen LogP contribution >= 0.6 is 11.3 Å². The second-order valence-corrected chi connectivity index (χ2v) is 11.3. The number of aromatic nitrogens is 5. The van der Waals surface area contributed by atoms with E-state index in [9.17, 15) is 18.8 Å². The topological polar surface area (TPSA) is 113 Å². The number of rotatable bonds is 9. The average Bonchev–Trinajstić information content (AvgIpc) is 3.71. The van der Waals surface area contributed by atoms with E-state index < -0.39 is 29.2 Å². The van der Waals surface area contributed by atoms with Gasteiger partial charge in [0, 0.05) is 24.2 Å². The number of benzene rings is 1. The van der Waals surface area contributed by atoms with Gasteiger partial charge in [-0.05, 0) is 58.7 Å². The first-order chi connectivity index (χ1) is 19.6. The molecule has 3 aromatic heterocycles. The summed E-state index contributed by atoms with van der Waals surface area (Å²) in [6.07, 6.45) is 3.71. The maximum atomic E-state index is 14.4. The standard InChI is InChI=1S/C28H33FN6O5S/c1-16(2)40-22(20-14-19(29)8-9-21(20)39-5)15-33-27-23(17(3)26(41-27)35-30-10-11-31-35)25(37)34(28(33)38)18(4)24(36)32-12-6-7-13-32/h8-11,14,16,18,22H,6-7,12-13,15H2,1-5H3. The van der Waals surface area contributed by atoms with Crippen LogP contribution in [-0.2, 0) is 16.1 Å². The first-order valence-electron chi connectivity index (χ1n) is 13.5. The Bertz CT molecular complexity index is 1690. The number of halogens is 1. The number of fused-ring (bicyclic) bond motifs is 1. The van der Waals surface area contributed by atoms with Gasteiger partial charge in [-0.3, -0.25) is 14.2 Å². The van der Waals surface area contributed by atoms with Crippen molar-refractivity contribution in [2.24, 2.45) is 0 Å². The van der Waals surface area contributed by atoms with Crippen molar-refractivity contribution in [1.82, 2.24) is 29.0 Å². The van der Waals surface area contributed by atoms with Crippen molar-refractivity contribution < 1.29 is 18.7 Å². The van der Waals surface area contributed by atoms with E-state index in [0.717, 1.165) is 17.4 Å². The van der Waals surface area contributed by atoms with Gasteiger partial charge in [0.05, 0.1) is 37.5 Å². The highest BCUT2D eigenvalue weighted by atomic mass is 32.1. The largest absolute Gasteiger partial charge is 0.496 e. The summed E-state index contributed by atoms with van der Waals surface area (Å²) in [6, 6.07) is 3.09. The van der Waals surface area contributed by atoms with E-state index in [-0.39, 0.29) is 23.9 Å². The second kappa shape index (κ2) is 11.6. The number of carbonyl (C=O) groups excluding carboxylic acids is 1. The van der Waals surface area contributed by atoms with Crippen LogP contribution in [0.15, 0.2) is 40.2 Å². The summed E-state index contributed by atoms with van der Waals surface area (Å²) in [4.78, 5) is 45.1. The fourth-order valence-electron chi connectivity index (χ4n) is 5.34. The first-order valence-corrected chi connectivity index (χ1v) is 14.4. The molecule has 0 bridgehead atoms. The molecular weight excluding hydrogens is 551 g/mol. The Labute approximate surface area is 239 Å². The lowest BCUT2D eigenvalue weighted by molar-refractivity contribution is -0.133.